The lowest BCUT2D eigenvalue weighted by Crippen LogP contribution is -2.30. The van der Waals surface area contributed by atoms with Crippen molar-refractivity contribution in [3.63, 3.8) is 0 Å². The van der Waals surface area contributed by atoms with E-state index in [-0.39, 0.29) is 5.91 Å². The maximum absolute atomic E-state index is 11.9. The summed E-state index contributed by atoms with van der Waals surface area (Å²) in [5.74, 6) is -0.113. The number of anilines is 1. The summed E-state index contributed by atoms with van der Waals surface area (Å²) in [4.78, 5) is 18.5. The molecule has 1 amide bonds. The van der Waals surface area contributed by atoms with Crippen molar-refractivity contribution in [2.45, 2.75) is 39.8 Å². The van der Waals surface area contributed by atoms with Crippen molar-refractivity contribution < 1.29 is 4.79 Å². The molecule has 1 heterocycles. The number of hydrogen-bond acceptors (Lipinski definition) is 3. The normalized spacial score (nSPS) is 10.6. The molecule has 1 aromatic carbocycles. The van der Waals surface area contributed by atoms with E-state index >= 15 is 0 Å². The van der Waals surface area contributed by atoms with Gasteiger partial charge in [-0.3, -0.25) is 4.79 Å². The summed E-state index contributed by atoms with van der Waals surface area (Å²) in [5.41, 5.74) is 2.74. The molecule has 1 aromatic heterocycles. The number of nitrogens with zero attached hydrogens (tertiary/aromatic N) is 2. The molecule has 122 valence electrons. The summed E-state index contributed by atoms with van der Waals surface area (Å²) in [5, 5.41) is 2.84. The molecule has 4 heteroatoms. The highest BCUT2D eigenvalue weighted by Crippen LogP contribution is 2.19. The van der Waals surface area contributed by atoms with Gasteiger partial charge in [0.25, 0.3) is 5.91 Å². The van der Waals surface area contributed by atoms with Crippen LogP contribution in [0.15, 0.2) is 48.7 Å². The molecule has 0 aliphatic heterocycles. The van der Waals surface area contributed by atoms with Gasteiger partial charge in [-0.1, -0.05) is 37.3 Å². The van der Waals surface area contributed by atoms with Gasteiger partial charge in [-0.25, -0.2) is 4.98 Å². The number of benzene rings is 1. The molecule has 4 nitrogen and oxygen atoms in total. The minimum absolute atomic E-state index is 0.113. The zero-order valence-electron chi connectivity index (χ0n) is 14.1. The van der Waals surface area contributed by atoms with Crippen molar-refractivity contribution >= 4 is 11.6 Å². The van der Waals surface area contributed by atoms with Gasteiger partial charge in [0.1, 0.15) is 5.69 Å². The molecule has 0 fully saturated rings. The smallest absolute Gasteiger partial charge is 0.269 e. The zero-order valence-corrected chi connectivity index (χ0v) is 14.1. The van der Waals surface area contributed by atoms with Crippen molar-refractivity contribution in [3.05, 3.63) is 59.9 Å². The number of rotatable bonds is 7. The maximum atomic E-state index is 11.9. The minimum atomic E-state index is -0.113. The summed E-state index contributed by atoms with van der Waals surface area (Å²) < 4.78 is 0. The van der Waals surface area contributed by atoms with Gasteiger partial charge in [-0.2, -0.15) is 0 Å². The minimum Gasteiger partial charge on any atom is -0.364 e. The average molecular weight is 311 g/mol. The second-order valence-electron chi connectivity index (χ2n) is 5.86. The number of pyridine rings is 1. The third-order valence-electron chi connectivity index (χ3n) is 3.67. The Kier molecular flexibility index (Phi) is 6.15. The number of carbonyl (C=O) groups is 1. The van der Waals surface area contributed by atoms with Crippen LogP contribution in [0.1, 0.15) is 43.2 Å². The second kappa shape index (κ2) is 8.32. The monoisotopic (exact) mass is 311 g/mol. The summed E-state index contributed by atoms with van der Waals surface area (Å²) >= 11 is 0. The van der Waals surface area contributed by atoms with E-state index in [0.29, 0.717) is 18.3 Å². The lowest BCUT2D eigenvalue weighted by Gasteiger charge is -2.29. The molecule has 2 rings (SSSR count). The Morgan fingerprint density at radius 2 is 1.91 bits per heavy atom. The Morgan fingerprint density at radius 3 is 2.48 bits per heavy atom. The third kappa shape index (κ3) is 4.81. The number of hydrogen-bond donors (Lipinski definition) is 1. The molecule has 0 atom stereocenters. The van der Waals surface area contributed by atoms with Crippen LogP contribution >= 0.6 is 0 Å². The van der Waals surface area contributed by atoms with Gasteiger partial charge in [0, 0.05) is 19.1 Å². The standard InChI is InChI=1S/C19H25N3O/c1-4-12-20-19(23)18-11-10-17(13-21-18)22(15(2)3)14-16-8-6-5-7-9-16/h5-11,13,15H,4,12,14H2,1-3H3,(H,20,23). The van der Waals surface area contributed by atoms with Crippen LogP contribution in [0, 0.1) is 0 Å². The topological polar surface area (TPSA) is 45.2 Å². The zero-order chi connectivity index (χ0) is 16.7. The first kappa shape index (κ1) is 17.0. The van der Waals surface area contributed by atoms with Gasteiger partial charge in [-0.05, 0) is 38.0 Å². The Labute approximate surface area is 138 Å². The molecule has 0 saturated carbocycles. The fourth-order valence-corrected chi connectivity index (χ4v) is 2.37. The fourth-order valence-electron chi connectivity index (χ4n) is 2.37. The summed E-state index contributed by atoms with van der Waals surface area (Å²) in [6.45, 7) is 7.84. The van der Waals surface area contributed by atoms with Crippen LogP contribution in [0.2, 0.25) is 0 Å². The predicted molar refractivity (Wildman–Crippen MR) is 94.6 cm³/mol. The Morgan fingerprint density at radius 1 is 1.17 bits per heavy atom. The molecular formula is C19H25N3O. The Bertz CT molecular complexity index is 608. The van der Waals surface area contributed by atoms with Crippen molar-refractivity contribution in [3.8, 4) is 0 Å². The number of aromatic nitrogens is 1. The first-order valence-electron chi connectivity index (χ1n) is 8.16. The van der Waals surface area contributed by atoms with Crippen LogP contribution < -0.4 is 10.2 Å². The predicted octanol–water partition coefficient (Wildman–Crippen LogP) is 3.64. The Hall–Kier alpha value is -2.36. The third-order valence-corrected chi connectivity index (χ3v) is 3.67. The second-order valence-corrected chi connectivity index (χ2v) is 5.86. The average Bonchev–Trinajstić information content (AvgIpc) is 2.58. The molecule has 0 aliphatic carbocycles. The van der Waals surface area contributed by atoms with Crippen LogP contribution in [-0.4, -0.2) is 23.5 Å². The van der Waals surface area contributed by atoms with Gasteiger partial charge in [-0.15, -0.1) is 0 Å². The van der Waals surface area contributed by atoms with E-state index in [2.05, 4.69) is 41.2 Å². The number of carbonyl (C=O) groups excluding carboxylic acids is 1. The largest absolute Gasteiger partial charge is 0.364 e. The van der Waals surface area contributed by atoms with Crippen molar-refractivity contribution in [2.75, 3.05) is 11.4 Å². The van der Waals surface area contributed by atoms with Crippen molar-refractivity contribution in [1.29, 1.82) is 0 Å². The SMILES string of the molecule is CCCNC(=O)c1ccc(N(Cc2ccccc2)C(C)C)cn1. The van der Waals surface area contributed by atoms with E-state index < -0.39 is 0 Å². The van der Waals surface area contributed by atoms with Crippen LogP contribution in [0.3, 0.4) is 0 Å². The maximum Gasteiger partial charge on any atom is 0.269 e. The molecule has 1 N–H and O–H groups in total. The molecule has 0 spiro atoms. The number of nitrogens with one attached hydrogen (secondary N) is 1. The molecule has 0 saturated heterocycles. The summed E-state index contributed by atoms with van der Waals surface area (Å²) in [6.07, 6.45) is 2.70. The number of amides is 1. The molecule has 2 aromatic rings. The van der Waals surface area contributed by atoms with Gasteiger partial charge < -0.3 is 10.2 Å². The highest BCUT2D eigenvalue weighted by atomic mass is 16.1. The van der Waals surface area contributed by atoms with Crippen LogP contribution in [-0.2, 0) is 6.54 Å². The van der Waals surface area contributed by atoms with Crippen molar-refractivity contribution in [2.24, 2.45) is 0 Å². The van der Waals surface area contributed by atoms with Gasteiger partial charge in [0.05, 0.1) is 11.9 Å². The molecule has 0 radical (unpaired) electrons. The molecule has 0 unspecified atom stereocenters. The Balaban J connectivity index is 2.12. The summed E-state index contributed by atoms with van der Waals surface area (Å²) in [6, 6.07) is 14.5. The summed E-state index contributed by atoms with van der Waals surface area (Å²) in [7, 11) is 0. The lowest BCUT2D eigenvalue weighted by molar-refractivity contribution is 0.0948. The van der Waals surface area contributed by atoms with Gasteiger partial charge in [0.15, 0.2) is 0 Å². The molecule has 23 heavy (non-hydrogen) atoms. The van der Waals surface area contributed by atoms with E-state index in [0.717, 1.165) is 18.7 Å². The first-order valence-corrected chi connectivity index (χ1v) is 8.16. The van der Waals surface area contributed by atoms with Crippen LogP contribution in [0.25, 0.3) is 0 Å². The molecule has 0 aliphatic rings. The van der Waals surface area contributed by atoms with Crippen molar-refractivity contribution in [1.82, 2.24) is 10.3 Å². The van der Waals surface area contributed by atoms with Crippen LogP contribution in [0.4, 0.5) is 5.69 Å². The fraction of sp³-hybridized carbons (Fsp3) is 0.368. The van der Waals surface area contributed by atoms with E-state index in [9.17, 15) is 4.79 Å². The quantitative estimate of drug-likeness (QED) is 0.849. The molecular weight excluding hydrogens is 286 g/mol. The van der Waals surface area contributed by atoms with E-state index in [1.165, 1.54) is 5.56 Å². The highest BCUT2D eigenvalue weighted by Gasteiger charge is 2.13. The molecule has 0 bridgehead atoms. The first-order chi connectivity index (χ1) is 11.1. The van der Waals surface area contributed by atoms with Gasteiger partial charge >= 0.3 is 0 Å². The van der Waals surface area contributed by atoms with Gasteiger partial charge in [0.2, 0.25) is 0 Å². The van der Waals surface area contributed by atoms with E-state index in [1.54, 1.807) is 12.3 Å². The van der Waals surface area contributed by atoms with E-state index in [1.807, 2.05) is 31.2 Å². The van der Waals surface area contributed by atoms with Crippen LogP contribution in [0.5, 0.6) is 0 Å². The lowest BCUT2D eigenvalue weighted by atomic mass is 10.1. The highest BCUT2D eigenvalue weighted by molar-refractivity contribution is 5.92. The van der Waals surface area contributed by atoms with E-state index in [4.69, 9.17) is 0 Å².